The van der Waals surface area contributed by atoms with Crippen LogP contribution in [-0.4, -0.2) is 6.41 Å². The summed E-state index contributed by atoms with van der Waals surface area (Å²) in [5.74, 6) is 0. The Morgan fingerprint density at radius 1 is 1.70 bits per heavy atom. The third-order valence-electron chi connectivity index (χ3n) is 1.29. The van der Waals surface area contributed by atoms with E-state index in [-0.39, 0.29) is 0 Å². The summed E-state index contributed by atoms with van der Waals surface area (Å²) in [7, 11) is 0. The van der Waals surface area contributed by atoms with E-state index in [1.807, 2.05) is 19.1 Å². The predicted molar refractivity (Wildman–Crippen MR) is 39.7 cm³/mol. The van der Waals surface area contributed by atoms with E-state index in [2.05, 4.69) is 11.4 Å². The Hall–Kier alpha value is -1.31. The van der Waals surface area contributed by atoms with E-state index in [0.717, 1.165) is 11.3 Å². The average Bonchev–Trinajstić information content (AvgIpc) is 1.94. The van der Waals surface area contributed by atoms with Crippen molar-refractivity contribution in [3.05, 3.63) is 29.8 Å². The van der Waals surface area contributed by atoms with Gasteiger partial charge in [0.1, 0.15) is 0 Å². The highest BCUT2D eigenvalue weighted by molar-refractivity contribution is 5.72. The second kappa shape index (κ2) is 3.01. The number of hydrogen-bond donors (Lipinski definition) is 1. The topological polar surface area (TPSA) is 29.1 Å². The minimum absolute atomic E-state index is 0.669. The first-order valence-corrected chi connectivity index (χ1v) is 3.01. The Kier molecular flexibility index (Phi) is 2.05. The molecule has 2 nitrogen and oxygen atoms in total. The van der Waals surface area contributed by atoms with Gasteiger partial charge in [0.15, 0.2) is 0 Å². The normalized spacial score (nSPS) is 8.90. The minimum atomic E-state index is 0.669. The molecule has 0 aliphatic carbocycles. The molecular weight excluding hydrogens is 126 g/mol. The van der Waals surface area contributed by atoms with Crippen LogP contribution in [0.1, 0.15) is 5.56 Å². The van der Waals surface area contributed by atoms with Crippen LogP contribution >= 0.6 is 0 Å². The quantitative estimate of drug-likeness (QED) is 0.608. The average molecular weight is 134 g/mol. The third-order valence-corrected chi connectivity index (χ3v) is 1.29. The van der Waals surface area contributed by atoms with Gasteiger partial charge in [0.05, 0.1) is 0 Å². The van der Waals surface area contributed by atoms with Crippen LogP contribution in [0.3, 0.4) is 0 Å². The summed E-state index contributed by atoms with van der Waals surface area (Å²) in [5, 5.41) is 2.58. The fourth-order valence-corrected chi connectivity index (χ4v) is 0.739. The van der Waals surface area contributed by atoms with Gasteiger partial charge in [-0.05, 0) is 30.7 Å². The number of benzene rings is 1. The first-order valence-electron chi connectivity index (χ1n) is 3.01. The molecule has 0 atom stereocenters. The number of rotatable bonds is 2. The van der Waals surface area contributed by atoms with Crippen molar-refractivity contribution in [2.45, 2.75) is 6.92 Å². The van der Waals surface area contributed by atoms with E-state index < -0.39 is 0 Å². The first kappa shape index (κ1) is 6.81. The standard InChI is InChI=1S/C8H8NO/c1-7-4-2-3-5-8(7)9-6-10/h3-6H,1H3,(H,9,10). The Bertz CT molecular complexity index is 232. The molecule has 0 unspecified atom stereocenters. The predicted octanol–water partition coefficient (Wildman–Crippen LogP) is 1.36. The maximum absolute atomic E-state index is 10.0. The summed E-state index contributed by atoms with van der Waals surface area (Å²) in [6, 6.07) is 8.30. The summed E-state index contributed by atoms with van der Waals surface area (Å²) >= 11 is 0. The van der Waals surface area contributed by atoms with Gasteiger partial charge in [0.25, 0.3) is 0 Å². The molecule has 0 saturated carbocycles. The van der Waals surface area contributed by atoms with E-state index in [1.54, 1.807) is 6.07 Å². The second-order valence-electron chi connectivity index (χ2n) is 2.00. The lowest BCUT2D eigenvalue weighted by molar-refractivity contribution is -0.105. The van der Waals surface area contributed by atoms with Gasteiger partial charge in [-0.15, -0.1) is 0 Å². The molecule has 0 bridgehead atoms. The second-order valence-corrected chi connectivity index (χ2v) is 2.00. The number of amides is 1. The summed E-state index contributed by atoms with van der Waals surface area (Å²) in [5.41, 5.74) is 1.86. The van der Waals surface area contributed by atoms with Gasteiger partial charge in [-0.3, -0.25) is 4.79 Å². The molecule has 0 aliphatic heterocycles. The molecular formula is C8H8NO. The van der Waals surface area contributed by atoms with Crippen molar-refractivity contribution in [3.8, 4) is 0 Å². The highest BCUT2D eigenvalue weighted by Crippen LogP contribution is 2.10. The molecule has 0 saturated heterocycles. The van der Waals surface area contributed by atoms with Gasteiger partial charge in [0.2, 0.25) is 6.41 Å². The van der Waals surface area contributed by atoms with E-state index in [4.69, 9.17) is 0 Å². The van der Waals surface area contributed by atoms with E-state index >= 15 is 0 Å². The van der Waals surface area contributed by atoms with Gasteiger partial charge in [-0.1, -0.05) is 6.07 Å². The zero-order valence-electron chi connectivity index (χ0n) is 5.72. The molecule has 1 rings (SSSR count). The van der Waals surface area contributed by atoms with Crippen molar-refractivity contribution >= 4 is 12.1 Å². The molecule has 51 valence electrons. The maximum atomic E-state index is 10.0. The van der Waals surface area contributed by atoms with E-state index in [0.29, 0.717) is 6.41 Å². The lowest BCUT2D eigenvalue weighted by Crippen LogP contribution is -1.94. The lowest BCUT2D eigenvalue weighted by atomic mass is 10.2. The van der Waals surface area contributed by atoms with Crippen LogP contribution in [0.2, 0.25) is 0 Å². The summed E-state index contributed by atoms with van der Waals surface area (Å²) in [6.45, 7) is 1.92. The Labute approximate surface area is 59.9 Å². The number of carbonyl (C=O) groups excluding carboxylic acids is 1. The van der Waals surface area contributed by atoms with Crippen LogP contribution in [0, 0.1) is 13.0 Å². The number of carbonyl (C=O) groups is 1. The van der Waals surface area contributed by atoms with Crippen LogP contribution in [-0.2, 0) is 4.79 Å². The fraction of sp³-hybridized carbons (Fsp3) is 0.125. The molecule has 0 aromatic heterocycles. The monoisotopic (exact) mass is 134 g/mol. The molecule has 0 aliphatic rings. The highest BCUT2D eigenvalue weighted by Gasteiger charge is 1.91. The molecule has 0 heterocycles. The van der Waals surface area contributed by atoms with Gasteiger partial charge in [0, 0.05) is 5.69 Å². The summed E-state index contributed by atoms with van der Waals surface area (Å²) in [4.78, 5) is 10.0. The van der Waals surface area contributed by atoms with Crippen molar-refractivity contribution in [1.82, 2.24) is 0 Å². The van der Waals surface area contributed by atoms with Gasteiger partial charge in [-0.25, -0.2) is 0 Å². The zero-order valence-corrected chi connectivity index (χ0v) is 5.72. The molecule has 1 aromatic rings. The highest BCUT2D eigenvalue weighted by atomic mass is 16.1. The van der Waals surface area contributed by atoms with Crippen molar-refractivity contribution in [2.75, 3.05) is 5.32 Å². The van der Waals surface area contributed by atoms with Crippen LogP contribution < -0.4 is 5.32 Å². The molecule has 2 heteroatoms. The molecule has 1 radical (unpaired) electrons. The number of hydrogen-bond acceptors (Lipinski definition) is 1. The van der Waals surface area contributed by atoms with Gasteiger partial charge < -0.3 is 5.32 Å². The van der Waals surface area contributed by atoms with Gasteiger partial charge in [-0.2, -0.15) is 0 Å². The largest absolute Gasteiger partial charge is 0.328 e. The van der Waals surface area contributed by atoms with Crippen LogP contribution in [0.25, 0.3) is 0 Å². The summed E-state index contributed by atoms with van der Waals surface area (Å²) in [6.07, 6.45) is 0.669. The number of nitrogens with one attached hydrogen (secondary N) is 1. The Morgan fingerprint density at radius 2 is 2.50 bits per heavy atom. The van der Waals surface area contributed by atoms with Gasteiger partial charge >= 0.3 is 0 Å². The van der Waals surface area contributed by atoms with Crippen LogP contribution in [0.5, 0.6) is 0 Å². The number of anilines is 1. The summed E-state index contributed by atoms with van der Waals surface area (Å²) < 4.78 is 0. The SMILES string of the molecule is Cc1c[c]ccc1NC=O. The van der Waals surface area contributed by atoms with E-state index in [9.17, 15) is 4.79 Å². The molecule has 0 fully saturated rings. The smallest absolute Gasteiger partial charge is 0.211 e. The Morgan fingerprint density at radius 3 is 3.10 bits per heavy atom. The van der Waals surface area contributed by atoms with Crippen molar-refractivity contribution in [1.29, 1.82) is 0 Å². The maximum Gasteiger partial charge on any atom is 0.211 e. The van der Waals surface area contributed by atoms with Crippen molar-refractivity contribution in [2.24, 2.45) is 0 Å². The van der Waals surface area contributed by atoms with Crippen LogP contribution in [0.4, 0.5) is 5.69 Å². The Balaban J connectivity index is 2.91. The first-order chi connectivity index (χ1) is 4.84. The van der Waals surface area contributed by atoms with Crippen LogP contribution in [0.15, 0.2) is 18.2 Å². The fourth-order valence-electron chi connectivity index (χ4n) is 0.739. The van der Waals surface area contributed by atoms with E-state index in [1.165, 1.54) is 0 Å². The molecule has 1 aromatic carbocycles. The van der Waals surface area contributed by atoms with Crippen molar-refractivity contribution in [3.63, 3.8) is 0 Å². The lowest BCUT2D eigenvalue weighted by Gasteiger charge is -2.00. The number of aryl methyl sites for hydroxylation is 1. The van der Waals surface area contributed by atoms with Crippen molar-refractivity contribution < 1.29 is 4.79 Å². The molecule has 10 heavy (non-hydrogen) atoms. The minimum Gasteiger partial charge on any atom is -0.328 e. The molecule has 1 amide bonds. The molecule has 1 N–H and O–H groups in total. The third kappa shape index (κ3) is 1.35. The zero-order chi connectivity index (χ0) is 7.40. The molecule has 0 spiro atoms.